The Bertz CT molecular complexity index is 780. The molecular formula is C19H23ClF6N4O. The van der Waals surface area contributed by atoms with Crippen LogP contribution >= 0.6 is 11.6 Å². The number of carbonyl (C=O) groups is 1. The van der Waals surface area contributed by atoms with Crippen LogP contribution in [0, 0.1) is 5.92 Å². The minimum Gasteiger partial charge on any atom is -0.354 e. The van der Waals surface area contributed by atoms with E-state index in [4.69, 9.17) is 11.6 Å². The highest BCUT2D eigenvalue weighted by Gasteiger charge is 2.41. The lowest BCUT2D eigenvalue weighted by Crippen LogP contribution is -2.47. The Morgan fingerprint density at radius 2 is 1.71 bits per heavy atom. The highest BCUT2D eigenvalue weighted by molar-refractivity contribution is 6.33. The maximum absolute atomic E-state index is 12.8. The highest BCUT2D eigenvalue weighted by Crippen LogP contribution is 2.37. The predicted molar refractivity (Wildman–Crippen MR) is 103 cm³/mol. The van der Waals surface area contributed by atoms with Gasteiger partial charge in [0.15, 0.2) is 0 Å². The average molecular weight is 473 g/mol. The predicted octanol–water partition coefficient (Wildman–Crippen LogP) is 5.10. The molecule has 0 bridgehead atoms. The molecule has 1 saturated carbocycles. The standard InChI is InChI=1S/C19H23ClF6N4O/c20-15-10-13(19(24,25)26)11-27-16(15)29-6-1-7-30(9-8-29)17(31)28-14-4-2-12(3-5-14)18(21,22)23/h10-12,14H,1-9H2,(H,28,31). The summed E-state index contributed by atoms with van der Waals surface area (Å²) in [5.74, 6) is -1.09. The third-order valence-corrected chi connectivity index (χ3v) is 6.03. The van der Waals surface area contributed by atoms with E-state index < -0.39 is 23.8 Å². The van der Waals surface area contributed by atoms with Crippen LogP contribution in [0.2, 0.25) is 5.02 Å². The summed E-state index contributed by atoms with van der Waals surface area (Å²) < 4.78 is 76.7. The van der Waals surface area contributed by atoms with Gasteiger partial charge in [0.25, 0.3) is 0 Å². The Kier molecular flexibility index (Phi) is 7.12. The lowest BCUT2D eigenvalue weighted by Gasteiger charge is -2.32. The van der Waals surface area contributed by atoms with Gasteiger partial charge >= 0.3 is 18.4 Å². The van der Waals surface area contributed by atoms with Gasteiger partial charge in [-0.25, -0.2) is 9.78 Å². The summed E-state index contributed by atoms with van der Waals surface area (Å²) in [5, 5.41) is 2.70. The summed E-state index contributed by atoms with van der Waals surface area (Å²) in [4.78, 5) is 19.7. The maximum Gasteiger partial charge on any atom is 0.417 e. The van der Waals surface area contributed by atoms with Crippen LogP contribution in [-0.2, 0) is 6.18 Å². The van der Waals surface area contributed by atoms with Gasteiger partial charge in [-0.3, -0.25) is 0 Å². The fraction of sp³-hybridized carbons (Fsp3) is 0.684. The molecule has 0 radical (unpaired) electrons. The number of anilines is 1. The smallest absolute Gasteiger partial charge is 0.354 e. The van der Waals surface area contributed by atoms with Crippen LogP contribution in [-0.4, -0.2) is 54.3 Å². The van der Waals surface area contributed by atoms with E-state index in [1.165, 1.54) is 0 Å². The van der Waals surface area contributed by atoms with Crippen LogP contribution in [0.4, 0.5) is 37.0 Å². The lowest BCUT2D eigenvalue weighted by atomic mass is 9.85. The van der Waals surface area contributed by atoms with Crippen molar-refractivity contribution in [1.82, 2.24) is 15.2 Å². The molecule has 1 aromatic rings. The van der Waals surface area contributed by atoms with Gasteiger partial charge in [-0.15, -0.1) is 0 Å². The fourth-order valence-electron chi connectivity index (χ4n) is 3.98. The van der Waals surface area contributed by atoms with Gasteiger partial charge in [-0.1, -0.05) is 11.6 Å². The Morgan fingerprint density at radius 1 is 1.03 bits per heavy atom. The van der Waals surface area contributed by atoms with E-state index >= 15 is 0 Å². The second kappa shape index (κ2) is 9.30. The molecule has 0 unspecified atom stereocenters. The van der Waals surface area contributed by atoms with E-state index in [-0.39, 0.29) is 48.6 Å². The molecule has 1 aromatic heterocycles. The minimum absolute atomic E-state index is 0.000312. The number of urea groups is 1. The average Bonchev–Trinajstić information content (AvgIpc) is 2.93. The zero-order valence-corrected chi connectivity index (χ0v) is 17.3. The van der Waals surface area contributed by atoms with Gasteiger partial charge in [0.05, 0.1) is 16.5 Å². The third-order valence-electron chi connectivity index (χ3n) is 5.75. The first kappa shape index (κ1) is 23.7. The van der Waals surface area contributed by atoms with Crippen LogP contribution < -0.4 is 10.2 Å². The molecule has 174 valence electrons. The van der Waals surface area contributed by atoms with E-state index in [1.807, 2.05) is 0 Å². The van der Waals surface area contributed by atoms with Crippen LogP contribution in [0.3, 0.4) is 0 Å². The molecule has 12 heteroatoms. The molecule has 1 aliphatic carbocycles. The van der Waals surface area contributed by atoms with Crippen molar-refractivity contribution in [3.63, 3.8) is 0 Å². The van der Waals surface area contributed by atoms with E-state index in [9.17, 15) is 31.1 Å². The Morgan fingerprint density at radius 3 is 2.29 bits per heavy atom. The van der Waals surface area contributed by atoms with Crippen molar-refractivity contribution in [2.24, 2.45) is 5.92 Å². The molecular weight excluding hydrogens is 450 g/mol. The number of carbonyl (C=O) groups excluding carboxylic acids is 1. The molecule has 0 atom stereocenters. The second-order valence-electron chi connectivity index (χ2n) is 7.89. The number of aromatic nitrogens is 1. The van der Waals surface area contributed by atoms with Gasteiger partial charge in [0.2, 0.25) is 0 Å². The Hall–Kier alpha value is -1.91. The molecule has 0 spiro atoms. The van der Waals surface area contributed by atoms with Gasteiger partial charge < -0.3 is 15.1 Å². The summed E-state index contributed by atoms with van der Waals surface area (Å²) >= 11 is 6.02. The van der Waals surface area contributed by atoms with Crippen LogP contribution in [0.1, 0.15) is 37.7 Å². The van der Waals surface area contributed by atoms with Gasteiger partial charge in [0.1, 0.15) is 5.82 Å². The molecule has 1 saturated heterocycles. The fourth-order valence-corrected chi connectivity index (χ4v) is 4.27. The SMILES string of the molecule is O=C(NC1CCC(C(F)(F)F)CC1)N1CCCN(c2ncc(C(F)(F)F)cc2Cl)CC1. The van der Waals surface area contributed by atoms with Gasteiger partial charge in [-0.2, -0.15) is 26.3 Å². The lowest BCUT2D eigenvalue weighted by molar-refractivity contribution is -0.182. The highest BCUT2D eigenvalue weighted by atomic mass is 35.5. The first-order valence-electron chi connectivity index (χ1n) is 10.0. The first-order chi connectivity index (χ1) is 14.4. The molecule has 2 heterocycles. The minimum atomic E-state index is -4.54. The van der Waals surface area contributed by atoms with Crippen molar-refractivity contribution in [2.45, 2.75) is 50.5 Å². The molecule has 1 aliphatic heterocycles. The van der Waals surface area contributed by atoms with Gasteiger partial charge in [-0.05, 0) is 38.2 Å². The van der Waals surface area contributed by atoms with Crippen molar-refractivity contribution >= 4 is 23.4 Å². The summed E-state index contributed by atoms with van der Waals surface area (Å²) in [7, 11) is 0. The van der Waals surface area contributed by atoms with E-state index in [1.54, 1.807) is 9.80 Å². The van der Waals surface area contributed by atoms with Crippen molar-refractivity contribution in [3.8, 4) is 0 Å². The number of nitrogens with zero attached hydrogens (tertiary/aromatic N) is 3. The van der Waals surface area contributed by atoms with Crippen molar-refractivity contribution < 1.29 is 31.1 Å². The molecule has 0 aromatic carbocycles. The zero-order valence-electron chi connectivity index (χ0n) is 16.6. The van der Waals surface area contributed by atoms with Crippen LogP contribution in [0.25, 0.3) is 0 Å². The summed E-state index contributed by atoms with van der Waals surface area (Å²) in [6.45, 7) is 1.49. The van der Waals surface area contributed by atoms with Crippen molar-refractivity contribution in [2.75, 3.05) is 31.1 Å². The van der Waals surface area contributed by atoms with Crippen molar-refractivity contribution in [1.29, 1.82) is 0 Å². The number of pyridine rings is 1. The second-order valence-corrected chi connectivity index (χ2v) is 8.30. The zero-order chi connectivity index (χ0) is 22.8. The van der Waals surface area contributed by atoms with E-state index in [0.29, 0.717) is 32.6 Å². The van der Waals surface area contributed by atoms with Crippen LogP contribution in [0.15, 0.2) is 12.3 Å². The normalized spacial score (nSPS) is 23.5. The first-order valence-corrected chi connectivity index (χ1v) is 10.4. The number of nitrogens with one attached hydrogen (secondary N) is 1. The van der Waals surface area contributed by atoms with Crippen LogP contribution in [0.5, 0.6) is 0 Å². The van der Waals surface area contributed by atoms with E-state index in [0.717, 1.165) is 12.3 Å². The maximum atomic E-state index is 12.8. The largest absolute Gasteiger partial charge is 0.417 e. The number of amides is 2. The molecule has 2 fully saturated rings. The van der Waals surface area contributed by atoms with Gasteiger partial charge in [0, 0.05) is 38.4 Å². The number of hydrogen-bond acceptors (Lipinski definition) is 3. The molecule has 2 aliphatic rings. The monoisotopic (exact) mass is 472 g/mol. The third kappa shape index (κ3) is 6.08. The summed E-state index contributed by atoms with van der Waals surface area (Å²) in [6.07, 6.45) is -6.90. The Balaban J connectivity index is 1.54. The number of rotatable bonds is 2. The summed E-state index contributed by atoms with van der Waals surface area (Å²) in [5.41, 5.74) is -0.933. The number of halogens is 7. The topological polar surface area (TPSA) is 48.5 Å². The molecule has 3 rings (SSSR count). The molecule has 31 heavy (non-hydrogen) atoms. The quantitative estimate of drug-likeness (QED) is 0.609. The molecule has 2 amide bonds. The Labute approximate surface area is 180 Å². The van der Waals surface area contributed by atoms with Crippen molar-refractivity contribution in [3.05, 3.63) is 22.8 Å². The van der Waals surface area contributed by atoms with E-state index in [2.05, 4.69) is 10.3 Å². The summed E-state index contributed by atoms with van der Waals surface area (Å²) in [6, 6.07) is 0.191. The molecule has 1 N–H and O–H groups in total. The number of alkyl halides is 6. The molecule has 5 nitrogen and oxygen atoms in total. The number of hydrogen-bond donors (Lipinski definition) is 1.